The number of carbonyl (C=O) groups is 1. The van der Waals surface area contributed by atoms with Gasteiger partial charge in [0.2, 0.25) is 5.91 Å². The number of rotatable bonds is 3. The molecule has 1 amide bonds. The normalized spacial score (nSPS) is 10.2. The van der Waals surface area contributed by atoms with Crippen molar-refractivity contribution >= 4 is 23.2 Å². The Morgan fingerprint density at radius 1 is 1.35 bits per heavy atom. The fourth-order valence-corrected chi connectivity index (χ4v) is 1.76. The molecule has 0 fully saturated rings. The van der Waals surface area contributed by atoms with Crippen molar-refractivity contribution in [1.29, 1.82) is 0 Å². The third-order valence-electron chi connectivity index (χ3n) is 2.56. The molecule has 0 spiro atoms. The number of amides is 1. The number of hydrogen-bond acceptors (Lipinski definition) is 1. The Balaban J connectivity index is 2.06. The molecule has 2 aromatic rings. The summed E-state index contributed by atoms with van der Waals surface area (Å²) >= 11 is 5.98. The number of hydrogen-bond donors (Lipinski definition) is 2. The van der Waals surface area contributed by atoms with Gasteiger partial charge in [0.1, 0.15) is 0 Å². The van der Waals surface area contributed by atoms with Crippen molar-refractivity contribution in [2.24, 2.45) is 0 Å². The maximum absolute atomic E-state index is 11.8. The van der Waals surface area contributed by atoms with Crippen LogP contribution >= 0.6 is 11.6 Å². The van der Waals surface area contributed by atoms with E-state index in [-0.39, 0.29) is 5.91 Å². The Morgan fingerprint density at radius 2 is 2.18 bits per heavy atom. The summed E-state index contributed by atoms with van der Waals surface area (Å²) in [5.41, 5.74) is 2.53. The predicted octanol–water partition coefficient (Wildman–Crippen LogP) is 3.16. The lowest BCUT2D eigenvalue weighted by molar-refractivity contribution is -0.115. The van der Waals surface area contributed by atoms with Crippen LogP contribution in [0.5, 0.6) is 0 Å². The van der Waals surface area contributed by atoms with E-state index in [1.165, 1.54) is 0 Å². The topological polar surface area (TPSA) is 44.9 Å². The summed E-state index contributed by atoms with van der Waals surface area (Å²) in [6.07, 6.45) is 2.13. The van der Waals surface area contributed by atoms with Gasteiger partial charge in [-0.25, -0.2) is 0 Å². The van der Waals surface area contributed by atoms with E-state index < -0.39 is 0 Å². The lowest BCUT2D eigenvalue weighted by atomic mass is 10.2. The average molecular weight is 249 g/mol. The van der Waals surface area contributed by atoms with Crippen LogP contribution in [0, 0.1) is 6.92 Å². The summed E-state index contributed by atoms with van der Waals surface area (Å²) in [6, 6.07) is 9.21. The summed E-state index contributed by atoms with van der Waals surface area (Å²) in [5, 5.41) is 3.50. The molecule has 1 aromatic carbocycles. The van der Waals surface area contributed by atoms with Crippen LogP contribution in [-0.4, -0.2) is 10.9 Å². The largest absolute Gasteiger partial charge is 0.365 e. The standard InChI is InChI=1S/C13H13ClN2O/c1-9-11(14)5-2-6-12(9)16-13(17)8-10-4-3-7-15-10/h2-7,15H,8H2,1H3,(H,16,17). The minimum absolute atomic E-state index is 0.0576. The van der Waals surface area contributed by atoms with Gasteiger partial charge < -0.3 is 10.3 Å². The smallest absolute Gasteiger partial charge is 0.230 e. The molecule has 0 radical (unpaired) electrons. The third-order valence-corrected chi connectivity index (χ3v) is 2.96. The molecule has 0 saturated heterocycles. The SMILES string of the molecule is Cc1c(Cl)cccc1NC(=O)Cc1ccc[nH]1. The van der Waals surface area contributed by atoms with Gasteiger partial charge in [0.05, 0.1) is 6.42 Å². The van der Waals surface area contributed by atoms with E-state index in [1.54, 1.807) is 12.3 Å². The second-order valence-corrected chi connectivity index (χ2v) is 4.24. The molecule has 0 aliphatic rings. The maximum atomic E-state index is 11.8. The number of halogens is 1. The van der Waals surface area contributed by atoms with Gasteiger partial charge in [-0.05, 0) is 36.8 Å². The molecule has 0 saturated carbocycles. The van der Waals surface area contributed by atoms with Gasteiger partial charge in [-0.2, -0.15) is 0 Å². The van der Waals surface area contributed by atoms with Crippen LogP contribution in [0.15, 0.2) is 36.5 Å². The zero-order chi connectivity index (χ0) is 12.3. The first-order valence-electron chi connectivity index (χ1n) is 5.34. The molecule has 0 bridgehead atoms. The summed E-state index contributed by atoms with van der Waals surface area (Å²) in [7, 11) is 0. The molecule has 2 rings (SSSR count). The minimum Gasteiger partial charge on any atom is -0.365 e. The quantitative estimate of drug-likeness (QED) is 0.861. The predicted molar refractivity (Wildman–Crippen MR) is 69.3 cm³/mol. The molecule has 3 nitrogen and oxygen atoms in total. The second-order valence-electron chi connectivity index (χ2n) is 3.83. The lowest BCUT2D eigenvalue weighted by Gasteiger charge is -2.08. The van der Waals surface area contributed by atoms with Crippen LogP contribution in [0.4, 0.5) is 5.69 Å². The molecule has 2 N–H and O–H groups in total. The first kappa shape index (κ1) is 11.7. The number of benzene rings is 1. The van der Waals surface area contributed by atoms with E-state index in [4.69, 9.17) is 11.6 Å². The molecule has 0 unspecified atom stereocenters. The van der Waals surface area contributed by atoms with Gasteiger partial charge in [0, 0.05) is 22.6 Å². The van der Waals surface area contributed by atoms with E-state index in [0.717, 1.165) is 16.9 Å². The van der Waals surface area contributed by atoms with E-state index in [0.29, 0.717) is 11.4 Å². The van der Waals surface area contributed by atoms with Crippen LogP contribution in [0.2, 0.25) is 5.02 Å². The van der Waals surface area contributed by atoms with Crippen molar-refractivity contribution < 1.29 is 4.79 Å². The molecule has 1 aromatic heterocycles. The number of H-pyrrole nitrogens is 1. The number of aromatic nitrogens is 1. The first-order valence-corrected chi connectivity index (χ1v) is 5.72. The van der Waals surface area contributed by atoms with E-state index in [9.17, 15) is 4.79 Å². The summed E-state index contributed by atoms with van der Waals surface area (Å²) in [6.45, 7) is 1.88. The molecule has 1 heterocycles. The Morgan fingerprint density at radius 3 is 2.88 bits per heavy atom. The number of anilines is 1. The van der Waals surface area contributed by atoms with Gasteiger partial charge >= 0.3 is 0 Å². The summed E-state index contributed by atoms with van der Waals surface area (Å²) in [4.78, 5) is 14.8. The van der Waals surface area contributed by atoms with Gasteiger partial charge in [0.15, 0.2) is 0 Å². The highest BCUT2D eigenvalue weighted by molar-refractivity contribution is 6.31. The first-order chi connectivity index (χ1) is 8.16. The van der Waals surface area contributed by atoms with E-state index >= 15 is 0 Å². The highest BCUT2D eigenvalue weighted by atomic mass is 35.5. The molecule has 0 aliphatic heterocycles. The molecule has 17 heavy (non-hydrogen) atoms. The summed E-state index contributed by atoms with van der Waals surface area (Å²) in [5.74, 6) is -0.0576. The lowest BCUT2D eigenvalue weighted by Crippen LogP contribution is -2.15. The van der Waals surface area contributed by atoms with E-state index in [1.807, 2.05) is 31.2 Å². The van der Waals surface area contributed by atoms with Gasteiger partial charge in [-0.15, -0.1) is 0 Å². The van der Waals surface area contributed by atoms with Crippen LogP contribution in [0.25, 0.3) is 0 Å². The number of aromatic amines is 1. The zero-order valence-corrected chi connectivity index (χ0v) is 10.2. The van der Waals surface area contributed by atoms with Crippen LogP contribution in [0.3, 0.4) is 0 Å². The van der Waals surface area contributed by atoms with Crippen LogP contribution < -0.4 is 5.32 Å². The Labute approximate surface area is 105 Å². The van der Waals surface area contributed by atoms with Crippen molar-refractivity contribution in [3.63, 3.8) is 0 Å². The monoisotopic (exact) mass is 248 g/mol. The summed E-state index contributed by atoms with van der Waals surface area (Å²) < 4.78 is 0. The minimum atomic E-state index is -0.0576. The van der Waals surface area contributed by atoms with Crippen LogP contribution in [-0.2, 0) is 11.2 Å². The van der Waals surface area contributed by atoms with E-state index in [2.05, 4.69) is 10.3 Å². The Bertz CT molecular complexity index is 520. The third kappa shape index (κ3) is 2.88. The van der Waals surface area contributed by atoms with Crippen molar-refractivity contribution in [1.82, 2.24) is 4.98 Å². The zero-order valence-electron chi connectivity index (χ0n) is 9.46. The Kier molecular flexibility index (Phi) is 3.49. The maximum Gasteiger partial charge on any atom is 0.230 e. The average Bonchev–Trinajstić information content (AvgIpc) is 2.77. The fourth-order valence-electron chi connectivity index (χ4n) is 1.59. The second kappa shape index (κ2) is 5.06. The molecular formula is C13H13ClN2O. The van der Waals surface area contributed by atoms with Gasteiger partial charge in [-0.3, -0.25) is 4.79 Å². The molecule has 88 valence electrons. The highest BCUT2D eigenvalue weighted by Crippen LogP contribution is 2.22. The van der Waals surface area contributed by atoms with Gasteiger partial charge in [-0.1, -0.05) is 17.7 Å². The molecule has 4 heteroatoms. The van der Waals surface area contributed by atoms with Crippen molar-refractivity contribution in [2.45, 2.75) is 13.3 Å². The fraction of sp³-hybridized carbons (Fsp3) is 0.154. The van der Waals surface area contributed by atoms with Crippen molar-refractivity contribution in [2.75, 3.05) is 5.32 Å². The number of nitrogens with one attached hydrogen (secondary N) is 2. The van der Waals surface area contributed by atoms with Crippen molar-refractivity contribution in [3.8, 4) is 0 Å². The van der Waals surface area contributed by atoms with Crippen molar-refractivity contribution in [3.05, 3.63) is 52.8 Å². The highest BCUT2D eigenvalue weighted by Gasteiger charge is 2.07. The molecular weight excluding hydrogens is 236 g/mol. The Hall–Kier alpha value is -1.74. The molecule has 0 aliphatic carbocycles. The van der Waals surface area contributed by atoms with Crippen LogP contribution in [0.1, 0.15) is 11.3 Å². The number of carbonyl (C=O) groups excluding carboxylic acids is 1. The molecule has 0 atom stereocenters. The van der Waals surface area contributed by atoms with Gasteiger partial charge in [0.25, 0.3) is 0 Å².